The number of hydrogen-bond acceptors (Lipinski definition) is 2. The van der Waals surface area contributed by atoms with Crippen LogP contribution in [-0.2, 0) is 6.42 Å². The van der Waals surface area contributed by atoms with E-state index in [2.05, 4.69) is 0 Å². The van der Waals surface area contributed by atoms with Crippen LogP contribution in [0.15, 0.2) is 30.3 Å². The Hall–Kier alpha value is -1.83. The van der Waals surface area contributed by atoms with E-state index in [0.717, 1.165) is 34.6 Å². The number of nitrogen functional groups attached to an aromatic ring is 1. The predicted molar refractivity (Wildman–Crippen MR) is 63.1 cm³/mol. The summed E-state index contributed by atoms with van der Waals surface area (Å²) in [6.07, 6.45) is 1.68. The van der Waals surface area contributed by atoms with Crippen molar-refractivity contribution in [2.45, 2.75) is 13.3 Å². The first-order valence-corrected chi connectivity index (χ1v) is 5.03. The summed E-state index contributed by atoms with van der Waals surface area (Å²) in [5.74, 6) is 0. The topological polar surface area (TPSA) is 43.1 Å². The van der Waals surface area contributed by atoms with Crippen molar-refractivity contribution in [3.8, 4) is 0 Å². The highest BCUT2D eigenvalue weighted by atomic mass is 16.1. The first kappa shape index (κ1) is 9.71. The monoisotopic (exact) mass is 199 g/mol. The predicted octanol–water partition coefficient (Wildman–Crippen LogP) is 2.80. The van der Waals surface area contributed by atoms with Gasteiger partial charge in [-0.05, 0) is 28.8 Å². The van der Waals surface area contributed by atoms with Crippen molar-refractivity contribution >= 4 is 22.7 Å². The van der Waals surface area contributed by atoms with Crippen LogP contribution in [-0.4, -0.2) is 6.29 Å². The van der Waals surface area contributed by atoms with E-state index in [9.17, 15) is 4.79 Å². The molecule has 0 atom stereocenters. The largest absolute Gasteiger partial charge is 0.398 e. The highest BCUT2D eigenvalue weighted by molar-refractivity contribution is 6.02. The molecule has 2 heteroatoms. The standard InChI is InChI=1S/C13H13NO/c1-2-10-12(8-15)11-6-4-3-5-9(11)7-13(10)14/h3-8H,2,14H2,1H3. The molecule has 15 heavy (non-hydrogen) atoms. The van der Waals surface area contributed by atoms with Gasteiger partial charge in [0.15, 0.2) is 6.29 Å². The molecule has 0 saturated carbocycles. The molecule has 76 valence electrons. The van der Waals surface area contributed by atoms with Crippen molar-refractivity contribution in [2.75, 3.05) is 5.73 Å². The second-order valence-corrected chi connectivity index (χ2v) is 3.55. The lowest BCUT2D eigenvalue weighted by Crippen LogP contribution is -1.99. The highest BCUT2D eigenvalue weighted by Gasteiger charge is 2.08. The maximum Gasteiger partial charge on any atom is 0.151 e. The summed E-state index contributed by atoms with van der Waals surface area (Å²) < 4.78 is 0. The van der Waals surface area contributed by atoms with Crippen molar-refractivity contribution in [3.63, 3.8) is 0 Å². The molecule has 0 aromatic heterocycles. The SMILES string of the molecule is CCc1c(N)cc2ccccc2c1C=O. The van der Waals surface area contributed by atoms with Gasteiger partial charge in [-0.3, -0.25) is 4.79 Å². The van der Waals surface area contributed by atoms with Crippen molar-refractivity contribution in [3.05, 3.63) is 41.5 Å². The first-order valence-electron chi connectivity index (χ1n) is 5.03. The van der Waals surface area contributed by atoms with Gasteiger partial charge >= 0.3 is 0 Å². The van der Waals surface area contributed by atoms with Crippen molar-refractivity contribution in [1.29, 1.82) is 0 Å². The average molecular weight is 199 g/mol. The molecule has 2 aromatic carbocycles. The van der Waals surface area contributed by atoms with Crippen molar-refractivity contribution in [1.82, 2.24) is 0 Å². The summed E-state index contributed by atoms with van der Waals surface area (Å²) >= 11 is 0. The lowest BCUT2D eigenvalue weighted by molar-refractivity contribution is 0.112. The lowest BCUT2D eigenvalue weighted by atomic mass is 9.96. The smallest absolute Gasteiger partial charge is 0.151 e. The van der Waals surface area contributed by atoms with Crippen molar-refractivity contribution < 1.29 is 4.79 Å². The maximum absolute atomic E-state index is 11.1. The van der Waals surface area contributed by atoms with Crippen LogP contribution in [0.5, 0.6) is 0 Å². The van der Waals surface area contributed by atoms with Gasteiger partial charge < -0.3 is 5.73 Å². The molecule has 0 spiro atoms. The third-order valence-corrected chi connectivity index (χ3v) is 2.71. The van der Waals surface area contributed by atoms with E-state index in [1.165, 1.54) is 0 Å². The highest BCUT2D eigenvalue weighted by Crippen LogP contribution is 2.26. The third-order valence-electron chi connectivity index (χ3n) is 2.71. The Bertz CT molecular complexity index is 517. The van der Waals surface area contributed by atoms with Crippen LogP contribution in [0.4, 0.5) is 5.69 Å². The number of benzene rings is 2. The summed E-state index contributed by atoms with van der Waals surface area (Å²) in [4.78, 5) is 11.1. The summed E-state index contributed by atoms with van der Waals surface area (Å²) in [7, 11) is 0. The van der Waals surface area contributed by atoms with Gasteiger partial charge in [0.25, 0.3) is 0 Å². The fourth-order valence-electron chi connectivity index (χ4n) is 1.97. The number of fused-ring (bicyclic) bond motifs is 1. The zero-order valence-electron chi connectivity index (χ0n) is 8.66. The van der Waals surface area contributed by atoms with Gasteiger partial charge in [0.05, 0.1) is 0 Å². The fourth-order valence-corrected chi connectivity index (χ4v) is 1.97. The van der Waals surface area contributed by atoms with E-state index in [-0.39, 0.29) is 0 Å². The average Bonchev–Trinajstić information content (AvgIpc) is 2.27. The first-order chi connectivity index (χ1) is 7.27. The number of carbonyl (C=O) groups excluding carboxylic acids is 1. The van der Waals surface area contributed by atoms with Crippen LogP contribution in [0.2, 0.25) is 0 Å². The molecular formula is C13H13NO. The molecule has 0 saturated heterocycles. The van der Waals surface area contributed by atoms with Gasteiger partial charge in [-0.25, -0.2) is 0 Å². The van der Waals surface area contributed by atoms with Crippen LogP contribution >= 0.6 is 0 Å². The van der Waals surface area contributed by atoms with Gasteiger partial charge in [0.2, 0.25) is 0 Å². The van der Waals surface area contributed by atoms with Crippen molar-refractivity contribution in [2.24, 2.45) is 0 Å². The Morgan fingerprint density at radius 3 is 2.73 bits per heavy atom. The van der Waals surface area contributed by atoms with Crippen LogP contribution in [0.25, 0.3) is 10.8 Å². The zero-order chi connectivity index (χ0) is 10.8. The Morgan fingerprint density at radius 1 is 1.33 bits per heavy atom. The second kappa shape index (κ2) is 3.73. The summed E-state index contributed by atoms with van der Waals surface area (Å²) in [6, 6.07) is 9.74. The quantitative estimate of drug-likeness (QED) is 0.597. The second-order valence-electron chi connectivity index (χ2n) is 3.55. The molecule has 0 aliphatic heterocycles. The van der Waals surface area contributed by atoms with E-state index >= 15 is 0 Å². The fraction of sp³-hybridized carbons (Fsp3) is 0.154. The van der Waals surface area contributed by atoms with Crippen LogP contribution in [0, 0.1) is 0 Å². The molecule has 0 radical (unpaired) electrons. The van der Waals surface area contributed by atoms with Gasteiger partial charge in [-0.1, -0.05) is 31.2 Å². The molecule has 2 nitrogen and oxygen atoms in total. The zero-order valence-corrected chi connectivity index (χ0v) is 8.66. The van der Waals surface area contributed by atoms with Crippen LogP contribution < -0.4 is 5.73 Å². The number of nitrogens with two attached hydrogens (primary N) is 1. The molecule has 0 amide bonds. The normalized spacial score (nSPS) is 10.5. The van der Waals surface area contributed by atoms with Gasteiger partial charge in [0, 0.05) is 11.3 Å². The lowest BCUT2D eigenvalue weighted by Gasteiger charge is -2.09. The van der Waals surface area contributed by atoms with E-state index < -0.39 is 0 Å². The number of aldehydes is 1. The third kappa shape index (κ3) is 1.48. The Morgan fingerprint density at radius 2 is 2.07 bits per heavy atom. The number of rotatable bonds is 2. The van der Waals surface area contributed by atoms with Crippen LogP contribution in [0.3, 0.4) is 0 Å². The molecule has 2 aromatic rings. The van der Waals surface area contributed by atoms with E-state index in [1.807, 2.05) is 37.3 Å². The molecule has 0 unspecified atom stereocenters. The molecule has 0 fully saturated rings. The minimum atomic E-state index is 0.707. The molecule has 0 heterocycles. The van der Waals surface area contributed by atoms with E-state index in [4.69, 9.17) is 5.73 Å². The molecular weight excluding hydrogens is 186 g/mol. The molecule has 0 aliphatic carbocycles. The van der Waals surface area contributed by atoms with Crippen LogP contribution in [0.1, 0.15) is 22.8 Å². The Labute approximate surface area is 88.7 Å². The Kier molecular flexibility index (Phi) is 2.42. The number of carbonyl (C=O) groups is 1. The van der Waals surface area contributed by atoms with E-state index in [1.54, 1.807) is 0 Å². The van der Waals surface area contributed by atoms with Gasteiger partial charge in [0.1, 0.15) is 0 Å². The summed E-state index contributed by atoms with van der Waals surface area (Å²) in [5, 5.41) is 2.01. The minimum absolute atomic E-state index is 0.707. The van der Waals surface area contributed by atoms with E-state index in [0.29, 0.717) is 5.69 Å². The number of hydrogen-bond donors (Lipinski definition) is 1. The maximum atomic E-state index is 11.1. The summed E-state index contributed by atoms with van der Waals surface area (Å²) in [5.41, 5.74) is 8.30. The Balaban J connectivity index is 2.90. The molecule has 2 N–H and O–H groups in total. The van der Waals surface area contributed by atoms with Gasteiger partial charge in [-0.15, -0.1) is 0 Å². The summed E-state index contributed by atoms with van der Waals surface area (Å²) in [6.45, 7) is 2.01. The molecule has 0 aliphatic rings. The molecule has 2 rings (SSSR count). The number of anilines is 1. The van der Waals surface area contributed by atoms with Gasteiger partial charge in [-0.2, -0.15) is 0 Å². The molecule has 0 bridgehead atoms. The minimum Gasteiger partial charge on any atom is -0.398 e.